The number of aromatic nitrogens is 2. The Hall–Kier alpha value is -2.32. The lowest BCUT2D eigenvalue weighted by atomic mass is 9.86. The molecule has 1 aromatic carbocycles. The minimum absolute atomic E-state index is 0.129. The van der Waals surface area contributed by atoms with Crippen molar-refractivity contribution in [2.75, 3.05) is 5.32 Å². The Bertz CT molecular complexity index is 1190. The molecular formula is C24H26ClN3O4S. The van der Waals surface area contributed by atoms with Crippen LogP contribution < -0.4 is 5.32 Å². The highest BCUT2D eigenvalue weighted by Gasteiger charge is 2.41. The van der Waals surface area contributed by atoms with Crippen molar-refractivity contribution in [2.24, 2.45) is 5.92 Å². The molecule has 33 heavy (non-hydrogen) atoms. The van der Waals surface area contributed by atoms with Crippen LogP contribution in [0.5, 0.6) is 0 Å². The largest absolute Gasteiger partial charge is 0.309 e. The molecule has 2 atom stereocenters. The minimum Gasteiger partial charge on any atom is -0.309 e. The van der Waals surface area contributed by atoms with E-state index in [0.717, 1.165) is 43.2 Å². The summed E-state index contributed by atoms with van der Waals surface area (Å²) in [5.74, 6) is 0.120. The van der Waals surface area contributed by atoms with Gasteiger partial charge in [-0.05, 0) is 67.6 Å². The van der Waals surface area contributed by atoms with Gasteiger partial charge in [-0.25, -0.2) is 18.4 Å². The number of halogens is 1. The zero-order valence-corrected chi connectivity index (χ0v) is 19.7. The maximum atomic E-state index is 13.3. The molecule has 3 aliphatic rings. The summed E-state index contributed by atoms with van der Waals surface area (Å²) in [7, 11) is -3.32. The third-order valence-electron chi connectivity index (χ3n) is 6.83. The minimum atomic E-state index is -3.32. The van der Waals surface area contributed by atoms with Crippen LogP contribution in [0, 0.1) is 5.92 Å². The summed E-state index contributed by atoms with van der Waals surface area (Å²) in [5.41, 5.74) is 1.62. The van der Waals surface area contributed by atoms with E-state index in [1.54, 1.807) is 12.1 Å². The lowest BCUT2D eigenvalue weighted by molar-refractivity contribution is -0.119. The van der Waals surface area contributed by atoms with Crippen molar-refractivity contribution in [1.82, 2.24) is 9.97 Å². The maximum Gasteiger partial charge on any atom is 0.233 e. The van der Waals surface area contributed by atoms with E-state index in [9.17, 15) is 18.0 Å². The maximum absolute atomic E-state index is 13.3. The van der Waals surface area contributed by atoms with E-state index < -0.39 is 15.8 Å². The first-order valence-electron chi connectivity index (χ1n) is 11.5. The quantitative estimate of drug-likeness (QED) is 0.590. The number of carbonyl (C=O) groups is 2. The zero-order chi connectivity index (χ0) is 23.2. The summed E-state index contributed by atoms with van der Waals surface area (Å²) in [6, 6.07) is 5.38. The number of rotatable bonds is 8. The highest BCUT2D eigenvalue weighted by Crippen LogP contribution is 2.47. The molecule has 174 valence electrons. The normalized spacial score (nSPS) is 21.7. The summed E-state index contributed by atoms with van der Waals surface area (Å²) in [6.07, 6.45) is 8.46. The average molecular weight is 488 g/mol. The molecule has 0 aliphatic heterocycles. The summed E-state index contributed by atoms with van der Waals surface area (Å²) >= 11 is 5.80. The van der Waals surface area contributed by atoms with Crippen molar-refractivity contribution in [3.8, 4) is 0 Å². The van der Waals surface area contributed by atoms with E-state index in [-0.39, 0.29) is 33.9 Å². The van der Waals surface area contributed by atoms with E-state index in [2.05, 4.69) is 15.3 Å². The molecule has 0 spiro atoms. The predicted octanol–water partition coefficient (Wildman–Crippen LogP) is 4.43. The molecule has 0 unspecified atom stereocenters. The molecule has 9 heteroatoms. The number of nitrogens with one attached hydrogen (secondary N) is 1. The summed E-state index contributed by atoms with van der Waals surface area (Å²) in [4.78, 5) is 33.7. The van der Waals surface area contributed by atoms with Crippen molar-refractivity contribution >= 4 is 38.9 Å². The van der Waals surface area contributed by atoms with E-state index in [1.165, 1.54) is 12.4 Å². The third-order valence-corrected chi connectivity index (χ3v) is 9.36. The molecule has 1 amide bonds. The Kier molecular flexibility index (Phi) is 5.99. The number of anilines is 1. The van der Waals surface area contributed by atoms with Crippen molar-refractivity contribution in [3.05, 3.63) is 46.9 Å². The van der Waals surface area contributed by atoms with Crippen molar-refractivity contribution in [3.63, 3.8) is 0 Å². The monoisotopic (exact) mass is 487 g/mol. The van der Waals surface area contributed by atoms with Crippen LogP contribution in [-0.4, -0.2) is 35.3 Å². The molecule has 3 saturated carbocycles. The number of amides is 1. The SMILES string of the molecule is O=C1CC[C@H](C[C@@H](C(=O)Nc2cnc(Cl)cn2)c2ccc(S(=O)(=O)C3CC3)c(C3CC3)c2)C1. The van der Waals surface area contributed by atoms with Crippen LogP contribution in [0.1, 0.15) is 74.3 Å². The number of benzene rings is 1. The molecule has 3 fully saturated rings. The van der Waals surface area contributed by atoms with Gasteiger partial charge in [0.25, 0.3) is 0 Å². The van der Waals surface area contributed by atoms with E-state index in [4.69, 9.17) is 11.6 Å². The van der Waals surface area contributed by atoms with Crippen molar-refractivity contribution in [2.45, 2.75) is 73.3 Å². The predicted molar refractivity (Wildman–Crippen MR) is 124 cm³/mol. The van der Waals surface area contributed by atoms with Gasteiger partial charge in [-0.15, -0.1) is 0 Å². The summed E-state index contributed by atoms with van der Waals surface area (Å²) < 4.78 is 26.0. The van der Waals surface area contributed by atoms with E-state index in [1.807, 2.05) is 6.07 Å². The fourth-order valence-electron chi connectivity index (χ4n) is 4.72. The van der Waals surface area contributed by atoms with Gasteiger partial charge in [-0.1, -0.05) is 23.7 Å². The summed E-state index contributed by atoms with van der Waals surface area (Å²) in [5, 5.41) is 2.78. The van der Waals surface area contributed by atoms with Gasteiger partial charge in [0.15, 0.2) is 15.7 Å². The van der Waals surface area contributed by atoms with Gasteiger partial charge in [0.1, 0.15) is 10.9 Å². The number of hydrogen-bond acceptors (Lipinski definition) is 6. The first-order chi connectivity index (χ1) is 15.8. The fourth-order valence-corrected chi connectivity index (χ4v) is 6.75. The number of ketones is 1. The molecule has 0 radical (unpaired) electrons. The van der Waals surface area contributed by atoms with Crippen LogP contribution in [0.15, 0.2) is 35.5 Å². The Morgan fingerprint density at radius 2 is 1.91 bits per heavy atom. The number of hydrogen-bond donors (Lipinski definition) is 1. The lowest BCUT2D eigenvalue weighted by Gasteiger charge is -2.22. The molecule has 5 rings (SSSR count). The summed E-state index contributed by atoms with van der Waals surface area (Å²) in [6.45, 7) is 0. The Morgan fingerprint density at radius 1 is 1.12 bits per heavy atom. The highest BCUT2D eigenvalue weighted by molar-refractivity contribution is 7.92. The van der Waals surface area contributed by atoms with Gasteiger partial charge in [-0.2, -0.15) is 0 Å². The standard InChI is InChI=1S/C24H26ClN3O4S/c25-22-12-27-23(13-26-22)28-24(30)20(10-14-1-5-17(29)9-14)16-4-8-21(19(11-16)15-2-3-15)33(31,32)18-6-7-18/h4,8,11-15,18,20H,1-3,5-7,9-10H2,(H,27,28,30)/t14-,20+/m0/s1. The Labute approximate surface area is 198 Å². The molecule has 3 aliphatic carbocycles. The molecule has 1 aromatic heterocycles. The third kappa shape index (κ3) is 4.96. The van der Waals surface area contributed by atoms with Gasteiger partial charge in [0.05, 0.1) is 28.5 Å². The molecule has 1 N–H and O–H groups in total. The number of carbonyl (C=O) groups excluding carboxylic acids is 2. The molecule has 1 heterocycles. The van der Waals surface area contributed by atoms with Gasteiger partial charge in [-0.3, -0.25) is 9.59 Å². The van der Waals surface area contributed by atoms with Crippen LogP contribution >= 0.6 is 11.6 Å². The van der Waals surface area contributed by atoms with Gasteiger partial charge >= 0.3 is 0 Å². The Balaban J connectivity index is 1.47. The van der Waals surface area contributed by atoms with Crippen LogP contribution in [0.2, 0.25) is 5.15 Å². The molecule has 0 saturated heterocycles. The molecule has 7 nitrogen and oxygen atoms in total. The average Bonchev–Trinajstić information content (AvgIpc) is 3.70. The topological polar surface area (TPSA) is 106 Å². The van der Waals surface area contributed by atoms with Gasteiger partial charge in [0, 0.05) is 12.8 Å². The second-order valence-electron chi connectivity index (χ2n) is 9.47. The molecular weight excluding hydrogens is 462 g/mol. The number of Topliss-reactive ketones (excluding diaryl/α,β-unsaturated/α-hetero) is 1. The Morgan fingerprint density at radius 3 is 2.52 bits per heavy atom. The second kappa shape index (κ2) is 8.80. The molecule has 0 bridgehead atoms. The zero-order valence-electron chi connectivity index (χ0n) is 18.2. The number of sulfone groups is 1. The highest BCUT2D eigenvalue weighted by atomic mass is 35.5. The lowest BCUT2D eigenvalue weighted by Crippen LogP contribution is -2.24. The van der Waals surface area contributed by atoms with Crippen molar-refractivity contribution in [1.29, 1.82) is 0 Å². The number of nitrogens with zero attached hydrogens (tertiary/aromatic N) is 2. The van der Waals surface area contributed by atoms with Gasteiger partial charge in [0.2, 0.25) is 5.91 Å². The van der Waals surface area contributed by atoms with Crippen LogP contribution in [0.25, 0.3) is 0 Å². The van der Waals surface area contributed by atoms with Gasteiger partial charge < -0.3 is 5.32 Å². The second-order valence-corrected chi connectivity index (χ2v) is 12.0. The van der Waals surface area contributed by atoms with E-state index >= 15 is 0 Å². The smallest absolute Gasteiger partial charge is 0.233 e. The van der Waals surface area contributed by atoms with Crippen LogP contribution in [-0.2, 0) is 19.4 Å². The molecule has 2 aromatic rings. The first kappa shape index (κ1) is 22.5. The van der Waals surface area contributed by atoms with Crippen LogP contribution in [0.3, 0.4) is 0 Å². The first-order valence-corrected chi connectivity index (χ1v) is 13.4. The van der Waals surface area contributed by atoms with Crippen molar-refractivity contribution < 1.29 is 18.0 Å². The van der Waals surface area contributed by atoms with Crippen LogP contribution in [0.4, 0.5) is 5.82 Å². The van der Waals surface area contributed by atoms with E-state index in [0.29, 0.717) is 30.0 Å². The fraction of sp³-hybridized carbons (Fsp3) is 0.500.